The molecule has 8 aromatic rings. The van der Waals surface area contributed by atoms with Gasteiger partial charge in [0.15, 0.2) is 11.0 Å². The maximum Gasteiger partial charge on any atom is 0.176 e. The first-order chi connectivity index (χ1) is 21.7. The third-order valence-electron chi connectivity index (χ3n) is 10.4. The Morgan fingerprint density at radius 3 is 2.14 bits per heavy atom. The molecule has 0 radical (unpaired) electrons. The first-order valence-electron chi connectivity index (χ1n) is 15.7. The summed E-state index contributed by atoms with van der Waals surface area (Å²) in [5.41, 5.74) is 9.60. The van der Waals surface area contributed by atoms with E-state index in [0.29, 0.717) is 11.0 Å². The highest BCUT2D eigenvalue weighted by molar-refractivity contribution is 6.34. The molecule has 210 valence electrons. The van der Waals surface area contributed by atoms with Crippen molar-refractivity contribution in [1.82, 2.24) is 14.5 Å². The molecule has 2 aliphatic carbocycles. The van der Waals surface area contributed by atoms with Gasteiger partial charge in [0.05, 0.1) is 22.1 Å². The molecular weight excluding hydrogens is 558 g/mol. The van der Waals surface area contributed by atoms with E-state index in [1.807, 2.05) is 24.3 Å². The van der Waals surface area contributed by atoms with E-state index >= 15 is 0 Å². The van der Waals surface area contributed by atoms with Gasteiger partial charge in [-0.3, -0.25) is 4.57 Å². The minimum absolute atomic E-state index is 0.0643. The van der Waals surface area contributed by atoms with E-state index in [-0.39, 0.29) is 5.41 Å². The lowest BCUT2D eigenvalue weighted by molar-refractivity contribution is 0.354. The molecule has 0 aliphatic heterocycles. The predicted octanol–water partition coefficient (Wildman–Crippen LogP) is 10.9. The molecule has 0 saturated heterocycles. The second-order valence-electron chi connectivity index (χ2n) is 12.6. The molecule has 10 rings (SSSR count). The number of para-hydroxylation sites is 2. The van der Waals surface area contributed by atoms with E-state index in [1.165, 1.54) is 79.4 Å². The normalized spacial score (nSPS) is 15.6. The van der Waals surface area contributed by atoms with Crippen LogP contribution in [0.3, 0.4) is 0 Å². The molecule has 1 saturated carbocycles. The minimum Gasteiger partial charge on any atom is -0.291 e. The highest BCUT2D eigenvalue weighted by atomic mass is 35.5. The van der Waals surface area contributed by atoms with Crippen LogP contribution in [-0.4, -0.2) is 14.5 Å². The summed E-state index contributed by atoms with van der Waals surface area (Å²) in [6, 6.07) is 39.5. The van der Waals surface area contributed by atoms with Crippen LogP contribution in [0.2, 0.25) is 5.15 Å². The van der Waals surface area contributed by atoms with Crippen LogP contribution < -0.4 is 0 Å². The van der Waals surface area contributed by atoms with Crippen molar-refractivity contribution in [2.45, 2.75) is 37.5 Å². The van der Waals surface area contributed by atoms with Gasteiger partial charge in [0.2, 0.25) is 0 Å². The van der Waals surface area contributed by atoms with Crippen LogP contribution in [0.4, 0.5) is 0 Å². The molecule has 0 bridgehead atoms. The second-order valence-corrected chi connectivity index (χ2v) is 12.9. The molecule has 4 heteroatoms. The molecule has 6 aromatic carbocycles. The van der Waals surface area contributed by atoms with Gasteiger partial charge in [-0.2, -0.15) is 0 Å². The van der Waals surface area contributed by atoms with E-state index < -0.39 is 0 Å². The molecule has 3 nitrogen and oxygen atoms in total. The first-order valence-corrected chi connectivity index (χ1v) is 16.1. The summed E-state index contributed by atoms with van der Waals surface area (Å²) in [6.45, 7) is 0. The number of halogens is 1. The van der Waals surface area contributed by atoms with Gasteiger partial charge in [-0.15, -0.1) is 0 Å². The number of benzene rings is 6. The third-order valence-corrected chi connectivity index (χ3v) is 10.7. The number of hydrogen-bond donors (Lipinski definition) is 0. The predicted molar refractivity (Wildman–Crippen MR) is 183 cm³/mol. The van der Waals surface area contributed by atoms with Gasteiger partial charge >= 0.3 is 0 Å². The fourth-order valence-electron chi connectivity index (χ4n) is 8.74. The van der Waals surface area contributed by atoms with Crippen LogP contribution >= 0.6 is 11.6 Å². The molecule has 44 heavy (non-hydrogen) atoms. The standard InChI is InChI=1S/C40H28ClN3/c41-38-39(43-31-19-9-8-18-30(31)42-38)44-32-21-20-24-12-2-3-13-25(24)34(32)35-27-15-5-4-14-26(27)33-28-16-6-7-17-29(28)40(36(33)37(35)44)22-10-1-11-23-40/h2-9,12-21H,1,10-11,22-23H2. The van der Waals surface area contributed by atoms with Crippen molar-refractivity contribution in [2.24, 2.45) is 0 Å². The molecule has 0 amide bonds. The van der Waals surface area contributed by atoms with Crippen molar-refractivity contribution in [3.8, 4) is 16.9 Å². The van der Waals surface area contributed by atoms with Gasteiger partial charge in [0.25, 0.3) is 0 Å². The van der Waals surface area contributed by atoms with Crippen molar-refractivity contribution in [2.75, 3.05) is 0 Å². The van der Waals surface area contributed by atoms with Gasteiger partial charge in [-0.1, -0.05) is 122 Å². The van der Waals surface area contributed by atoms with Crippen LogP contribution in [0.15, 0.2) is 109 Å². The number of rotatable bonds is 1. The molecule has 2 aliphatic rings. The molecular formula is C40H28ClN3. The Morgan fingerprint density at radius 2 is 1.30 bits per heavy atom. The maximum atomic E-state index is 7.15. The van der Waals surface area contributed by atoms with Gasteiger partial charge in [-0.25, -0.2) is 9.97 Å². The van der Waals surface area contributed by atoms with Crippen molar-refractivity contribution in [3.05, 3.63) is 125 Å². The zero-order valence-corrected chi connectivity index (χ0v) is 24.9. The summed E-state index contributed by atoms with van der Waals surface area (Å²) >= 11 is 7.15. The Bertz CT molecular complexity index is 2500. The van der Waals surface area contributed by atoms with Crippen LogP contribution in [0.5, 0.6) is 0 Å². The van der Waals surface area contributed by atoms with Gasteiger partial charge in [0, 0.05) is 16.2 Å². The number of nitrogens with zero attached hydrogens (tertiary/aromatic N) is 3. The zero-order chi connectivity index (χ0) is 29.0. The lowest BCUT2D eigenvalue weighted by Crippen LogP contribution is -2.28. The highest BCUT2D eigenvalue weighted by Gasteiger charge is 2.47. The maximum absolute atomic E-state index is 7.15. The molecule has 1 spiro atoms. The van der Waals surface area contributed by atoms with E-state index in [1.54, 1.807) is 0 Å². The van der Waals surface area contributed by atoms with Gasteiger partial charge in [-0.05, 0) is 74.8 Å². The monoisotopic (exact) mass is 585 g/mol. The lowest BCUT2D eigenvalue weighted by atomic mass is 9.67. The Morgan fingerprint density at radius 1 is 0.614 bits per heavy atom. The van der Waals surface area contributed by atoms with Crippen LogP contribution in [0.1, 0.15) is 43.2 Å². The Kier molecular flexibility index (Phi) is 4.99. The molecule has 0 N–H and O–H groups in total. The van der Waals surface area contributed by atoms with Crippen molar-refractivity contribution in [1.29, 1.82) is 0 Å². The van der Waals surface area contributed by atoms with E-state index in [2.05, 4.69) is 89.5 Å². The van der Waals surface area contributed by atoms with Gasteiger partial charge < -0.3 is 0 Å². The van der Waals surface area contributed by atoms with E-state index in [9.17, 15) is 0 Å². The van der Waals surface area contributed by atoms with Crippen molar-refractivity contribution < 1.29 is 0 Å². The first kappa shape index (κ1) is 24.7. The van der Waals surface area contributed by atoms with Crippen LogP contribution in [0, 0.1) is 0 Å². The van der Waals surface area contributed by atoms with Crippen molar-refractivity contribution >= 4 is 66.0 Å². The Labute approximate surface area is 259 Å². The quantitative estimate of drug-likeness (QED) is 0.192. The average Bonchev–Trinajstić information content (AvgIpc) is 3.56. The molecule has 0 atom stereocenters. The van der Waals surface area contributed by atoms with Crippen LogP contribution in [0.25, 0.3) is 71.3 Å². The highest BCUT2D eigenvalue weighted by Crippen LogP contribution is 2.61. The number of aromatic nitrogens is 3. The topological polar surface area (TPSA) is 30.7 Å². The van der Waals surface area contributed by atoms with Gasteiger partial charge in [0.1, 0.15) is 0 Å². The van der Waals surface area contributed by atoms with Crippen LogP contribution in [-0.2, 0) is 5.41 Å². The zero-order valence-electron chi connectivity index (χ0n) is 24.1. The summed E-state index contributed by atoms with van der Waals surface area (Å²) in [7, 11) is 0. The summed E-state index contributed by atoms with van der Waals surface area (Å²) < 4.78 is 2.37. The second kappa shape index (κ2) is 8.90. The Balaban J connectivity index is 1.52. The summed E-state index contributed by atoms with van der Waals surface area (Å²) in [5, 5.41) is 8.04. The summed E-state index contributed by atoms with van der Waals surface area (Å²) in [6.07, 6.45) is 6.02. The lowest BCUT2D eigenvalue weighted by Gasteiger charge is -2.36. The smallest absolute Gasteiger partial charge is 0.176 e. The molecule has 2 heterocycles. The fraction of sp³-hybridized carbons (Fsp3) is 0.150. The average molecular weight is 586 g/mol. The summed E-state index contributed by atoms with van der Waals surface area (Å²) in [4.78, 5) is 10.1. The summed E-state index contributed by atoms with van der Waals surface area (Å²) in [5.74, 6) is 0.694. The van der Waals surface area contributed by atoms with E-state index in [4.69, 9.17) is 21.6 Å². The fourth-order valence-corrected chi connectivity index (χ4v) is 8.95. The van der Waals surface area contributed by atoms with Crippen molar-refractivity contribution in [3.63, 3.8) is 0 Å². The molecule has 2 aromatic heterocycles. The number of hydrogen-bond acceptors (Lipinski definition) is 2. The minimum atomic E-state index is -0.0643. The largest absolute Gasteiger partial charge is 0.291 e. The molecule has 0 unspecified atom stereocenters. The molecule has 1 fully saturated rings. The number of fused-ring (bicyclic) bond motifs is 15. The Hall–Kier alpha value is -4.73. The van der Waals surface area contributed by atoms with E-state index in [0.717, 1.165) is 29.4 Å². The third kappa shape index (κ3) is 3.08. The SMILES string of the molecule is Clc1nc2ccccc2nc1-n1c2ccc3ccccc3c2c2c3ccccc3c3c(c21)C1(CCCCC1)c1ccccc1-3.